The minimum atomic E-state index is -0.257. The average molecular weight is 293 g/mol. The van der Waals surface area contributed by atoms with Gasteiger partial charge in [-0.1, -0.05) is 44.2 Å². The molecule has 0 amide bonds. The summed E-state index contributed by atoms with van der Waals surface area (Å²) >= 11 is 0. The lowest BCUT2D eigenvalue weighted by Crippen LogP contribution is -2.29. The molecule has 21 heavy (non-hydrogen) atoms. The Labute approximate surface area is 127 Å². The molecule has 1 unspecified atom stereocenters. The van der Waals surface area contributed by atoms with Crippen LogP contribution in [0.2, 0.25) is 0 Å². The van der Waals surface area contributed by atoms with E-state index < -0.39 is 0 Å². The van der Waals surface area contributed by atoms with E-state index in [9.17, 15) is 4.79 Å². The summed E-state index contributed by atoms with van der Waals surface area (Å²) < 4.78 is 10.4. The molecule has 4 nitrogen and oxygen atoms in total. The molecule has 0 radical (unpaired) electrons. The van der Waals surface area contributed by atoms with Crippen LogP contribution in [0.1, 0.15) is 31.7 Å². The number of hydrogen-bond donors (Lipinski definition) is 1. The zero-order valence-electron chi connectivity index (χ0n) is 13.3. The zero-order valence-corrected chi connectivity index (χ0v) is 13.3. The van der Waals surface area contributed by atoms with Crippen LogP contribution in [0.25, 0.3) is 0 Å². The van der Waals surface area contributed by atoms with Crippen LogP contribution in [-0.4, -0.2) is 39.4 Å². The Kier molecular flexibility index (Phi) is 8.71. The van der Waals surface area contributed by atoms with Crippen LogP contribution in [0, 0.1) is 5.92 Å². The Morgan fingerprint density at radius 1 is 1.24 bits per heavy atom. The first-order valence-electron chi connectivity index (χ1n) is 7.56. The summed E-state index contributed by atoms with van der Waals surface area (Å²) in [7, 11) is 1.43. The molecule has 118 valence electrons. The smallest absolute Gasteiger partial charge is 0.314 e. The topological polar surface area (TPSA) is 47.6 Å². The van der Waals surface area contributed by atoms with Gasteiger partial charge < -0.3 is 14.8 Å². The van der Waals surface area contributed by atoms with Gasteiger partial charge in [-0.3, -0.25) is 4.79 Å². The number of hydrogen-bond acceptors (Lipinski definition) is 4. The Morgan fingerprint density at radius 3 is 2.57 bits per heavy atom. The predicted octanol–water partition coefficient (Wildman–Crippen LogP) is 2.60. The fraction of sp³-hybridized carbons (Fsp3) is 0.588. The molecule has 0 bridgehead atoms. The standard InChI is InChI=1S/C17H27NO3/c1-14(2)13-21-11-7-10-18-12-16(17(19)20-3)15-8-5-4-6-9-15/h4-6,8-9,14,16,18H,7,10-13H2,1-3H3. The Hall–Kier alpha value is -1.39. The third kappa shape index (κ3) is 7.25. The van der Waals surface area contributed by atoms with E-state index >= 15 is 0 Å². The Balaban J connectivity index is 2.30. The molecule has 4 heteroatoms. The minimum Gasteiger partial charge on any atom is -0.469 e. The van der Waals surface area contributed by atoms with Gasteiger partial charge in [0.2, 0.25) is 0 Å². The molecule has 0 saturated heterocycles. The minimum absolute atomic E-state index is 0.204. The molecule has 0 aliphatic heterocycles. The maximum absolute atomic E-state index is 11.9. The van der Waals surface area contributed by atoms with Crippen LogP contribution < -0.4 is 5.32 Å². The van der Waals surface area contributed by atoms with Crippen molar-refractivity contribution in [3.8, 4) is 0 Å². The van der Waals surface area contributed by atoms with Crippen LogP contribution >= 0.6 is 0 Å². The molecule has 1 aromatic carbocycles. The van der Waals surface area contributed by atoms with E-state index in [2.05, 4.69) is 19.2 Å². The van der Waals surface area contributed by atoms with Gasteiger partial charge in [0.15, 0.2) is 0 Å². The van der Waals surface area contributed by atoms with Crippen LogP contribution in [0.3, 0.4) is 0 Å². The van der Waals surface area contributed by atoms with E-state index in [-0.39, 0.29) is 11.9 Å². The lowest BCUT2D eigenvalue weighted by Gasteiger charge is -2.16. The first-order chi connectivity index (χ1) is 10.1. The third-order valence-corrected chi connectivity index (χ3v) is 3.13. The number of nitrogens with one attached hydrogen (secondary N) is 1. The second-order valence-corrected chi connectivity index (χ2v) is 5.51. The lowest BCUT2D eigenvalue weighted by molar-refractivity contribution is -0.142. The zero-order chi connectivity index (χ0) is 15.5. The molecule has 0 fully saturated rings. The van der Waals surface area contributed by atoms with Crippen molar-refractivity contribution in [1.82, 2.24) is 5.32 Å². The SMILES string of the molecule is COC(=O)C(CNCCCOCC(C)C)c1ccccc1. The maximum Gasteiger partial charge on any atom is 0.314 e. The van der Waals surface area contributed by atoms with Crippen LogP contribution in [-0.2, 0) is 14.3 Å². The van der Waals surface area contributed by atoms with Gasteiger partial charge in [-0.05, 0) is 24.4 Å². The molecule has 0 aliphatic carbocycles. The van der Waals surface area contributed by atoms with Crippen molar-refractivity contribution in [1.29, 1.82) is 0 Å². The van der Waals surface area contributed by atoms with Gasteiger partial charge in [-0.15, -0.1) is 0 Å². The maximum atomic E-state index is 11.9. The highest BCUT2D eigenvalue weighted by atomic mass is 16.5. The van der Waals surface area contributed by atoms with Gasteiger partial charge in [-0.25, -0.2) is 0 Å². The summed E-state index contributed by atoms with van der Waals surface area (Å²) in [5.74, 6) is 0.109. The average Bonchev–Trinajstić information content (AvgIpc) is 2.50. The number of ether oxygens (including phenoxy) is 2. The molecule has 1 atom stereocenters. The highest BCUT2D eigenvalue weighted by Crippen LogP contribution is 2.16. The highest BCUT2D eigenvalue weighted by molar-refractivity contribution is 5.78. The molecule has 0 spiro atoms. The molecule has 0 aromatic heterocycles. The molecule has 0 saturated carbocycles. The monoisotopic (exact) mass is 293 g/mol. The van der Waals surface area contributed by atoms with Crippen LogP contribution in [0.15, 0.2) is 30.3 Å². The van der Waals surface area contributed by atoms with Crippen molar-refractivity contribution in [2.24, 2.45) is 5.92 Å². The lowest BCUT2D eigenvalue weighted by atomic mass is 9.99. The third-order valence-electron chi connectivity index (χ3n) is 3.13. The van der Waals surface area contributed by atoms with E-state index in [0.29, 0.717) is 12.5 Å². The van der Waals surface area contributed by atoms with E-state index in [1.807, 2.05) is 30.3 Å². The second-order valence-electron chi connectivity index (χ2n) is 5.51. The van der Waals surface area contributed by atoms with E-state index in [0.717, 1.165) is 31.7 Å². The molecule has 1 rings (SSSR count). The normalized spacial score (nSPS) is 12.4. The van der Waals surface area contributed by atoms with Gasteiger partial charge in [0.05, 0.1) is 13.0 Å². The van der Waals surface area contributed by atoms with Gasteiger partial charge in [0.1, 0.15) is 0 Å². The number of esters is 1. The number of benzene rings is 1. The second kappa shape index (κ2) is 10.4. The van der Waals surface area contributed by atoms with Crippen molar-refractivity contribution in [3.05, 3.63) is 35.9 Å². The first kappa shape index (κ1) is 17.7. The number of methoxy groups -OCH3 is 1. The van der Waals surface area contributed by atoms with Crippen LogP contribution in [0.4, 0.5) is 0 Å². The molecule has 0 aliphatic rings. The van der Waals surface area contributed by atoms with E-state index in [1.165, 1.54) is 7.11 Å². The summed E-state index contributed by atoms with van der Waals surface area (Å²) in [6, 6.07) is 9.72. The van der Waals surface area contributed by atoms with E-state index in [1.54, 1.807) is 0 Å². The molecule has 1 N–H and O–H groups in total. The van der Waals surface area contributed by atoms with Crippen molar-refractivity contribution in [2.75, 3.05) is 33.4 Å². The summed E-state index contributed by atoms with van der Waals surface area (Å²) in [6.45, 7) is 7.24. The van der Waals surface area contributed by atoms with Gasteiger partial charge in [0, 0.05) is 19.8 Å². The summed E-state index contributed by atoms with van der Waals surface area (Å²) in [5, 5.41) is 3.31. The Morgan fingerprint density at radius 2 is 1.95 bits per heavy atom. The van der Waals surface area contributed by atoms with Crippen molar-refractivity contribution >= 4 is 5.97 Å². The highest BCUT2D eigenvalue weighted by Gasteiger charge is 2.20. The number of carbonyl (C=O) groups excluding carboxylic acids is 1. The Bertz CT molecular complexity index is 392. The largest absolute Gasteiger partial charge is 0.469 e. The first-order valence-corrected chi connectivity index (χ1v) is 7.56. The quantitative estimate of drug-likeness (QED) is 0.532. The number of rotatable bonds is 10. The van der Waals surface area contributed by atoms with Gasteiger partial charge in [-0.2, -0.15) is 0 Å². The van der Waals surface area contributed by atoms with Gasteiger partial charge >= 0.3 is 5.97 Å². The molecular formula is C17H27NO3. The van der Waals surface area contributed by atoms with Crippen molar-refractivity contribution in [2.45, 2.75) is 26.2 Å². The van der Waals surface area contributed by atoms with Crippen molar-refractivity contribution in [3.63, 3.8) is 0 Å². The van der Waals surface area contributed by atoms with E-state index in [4.69, 9.17) is 9.47 Å². The summed E-state index contributed by atoms with van der Waals surface area (Å²) in [4.78, 5) is 11.9. The van der Waals surface area contributed by atoms with Crippen molar-refractivity contribution < 1.29 is 14.3 Å². The summed E-state index contributed by atoms with van der Waals surface area (Å²) in [5.41, 5.74) is 0.980. The molecule has 1 aromatic rings. The van der Waals surface area contributed by atoms with Crippen LogP contribution in [0.5, 0.6) is 0 Å². The molecule has 0 heterocycles. The fourth-order valence-corrected chi connectivity index (χ4v) is 2.03. The number of carbonyl (C=O) groups is 1. The predicted molar refractivity (Wildman–Crippen MR) is 84.3 cm³/mol. The van der Waals surface area contributed by atoms with Gasteiger partial charge in [0.25, 0.3) is 0 Å². The summed E-state index contributed by atoms with van der Waals surface area (Å²) in [6.07, 6.45) is 0.940. The molecular weight excluding hydrogens is 266 g/mol. The fourth-order valence-electron chi connectivity index (χ4n) is 2.03.